The van der Waals surface area contributed by atoms with Crippen LogP contribution in [0.2, 0.25) is 0 Å². The van der Waals surface area contributed by atoms with Crippen LogP contribution in [0.15, 0.2) is 35.3 Å². The maximum atomic E-state index is 10.4. The summed E-state index contributed by atoms with van der Waals surface area (Å²) in [6.45, 7) is 0. The number of aliphatic hydroxyl groups is 1. The molecule has 1 unspecified atom stereocenters. The maximum absolute atomic E-state index is 10.4. The van der Waals surface area contributed by atoms with E-state index in [2.05, 4.69) is 11.1 Å². The molecule has 0 aromatic heterocycles. The molecule has 1 fully saturated rings. The fourth-order valence-electron chi connectivity index (χ4n) is 2.37. The van der Waals surface area contributed by atoms with Gasteiger partial charge in [0.1, 0.15) is 6.10 Å². The Bertz CT molecular complexity index is 362. The first-order valence-electron chi connectivity index (χ1n) is 6.57. The monoisotopic (exact) mass is 265 g/mol. The molecule has 0 radical (unpaired) electrons. The second-order valence-electron chi connectivity index (χ2n) is 5.84. The van der Waals surface area contributed by atoms with Gasteiger partial charge in [-0.25, -0.2) is 0 Å². The van der Waals surface area contributed by atoms with Crippen molar-refractivity contribution in [3.63, 3.8) is 0 Å². The molecule has 0 aliphatic heterocycles. The quantitative estimate of drug-likeness (QED) is 0.837. The number of rotatable bonds is 3. The van der Waals surface area contributed by atoms with Gasteiger partial charge in [-0.2, -0.15) is 0 Å². The number of hydrogen-bond donors (Lipinski definition) is 1. The van der Waals surface area contributed by atoms with Crippen molar-refractivity contribution >= 4 is 0 Å². The van der Waals surface area contributed by atoms with E-state index in [1.165, 1.54) is 5.57 Å². The summed E-state index contributed by atoms with van der Waals surface area (Å²) in [5, 5.41) is 10.4. The molecule has 1 aliphatic carbocycles. The van der Waals surface area contributed by atoms with Gasteiger partial charge in [0.05, 0.1) is 0 Å². The molecule has 4 heteroatoms. The zero-order chi connectivity index (χ0) is 14.6. The molecular formula is C15H27N3O. The first-order valence-corrected chi connectivity index (χ1v) is 6.57. The van der Waals surface area contributed by atoms with E-state index in [1.807, 2.05) is 64.5 Å². The molecule has 19 heavy (non-hydrogen) atoms. The van der Waals surface area contributed by atoms with Crippen LogP contribution in [0.3, 0.4) is 0 Å². The zero-order valence-corrected chi connectivity index (χ0v) is 13.0. The van der Waals surface area contributed by atoms with Gasteiger partial charge in [0.15, 0.2) is 0 Å². The highest BCUT2D eigenvalue weighted by molar-refractivity contribution is 5.36. The molecule has 0 aromatic carbocycles. The average molecular weight is 265 g/mol. The lowest BCUT2D eigenvalue weighted by Gasteiger charge is -2.29. The van der Waals surface area contributed by atoms with Gasteiger partial charge < -0.3 is 19.8 Å². The average Bonchev–Trinajstić information content (AvgIpc) is 2.22. The van der Waals surface area contributed by atoms with E-state index in [9.17, 15) is 5.11 Å². The van der Waals surface area contributed by atoms with Crippen molar-refractivity contribution in [1.29, 1.82) is 0 Å². The molecule has 1 rings (SSSR count). The summed E-state index contributed by atoms with van der Waals surface area (Å²) in [5.74, 6) is 0. The summed E-state index contributed by atoms with van der Waals surface area (Å²) in [4.78, 5) is 6.04. The summed E-state index contributed by atoms with van der Waals surface area (Å²) in [6, 6.07) is 0. The fraction of sp³-hybridized carbons (Fsp3) is 0.600. The van der Waals surface area contributed by atoms with Crippen LogP contribution in [0, 0.1) is 0 Å². The van der Waals surface area contributed by atoms with Gasteiger partial charge in [-0.1, -0.05) is 0 Å². The maximum Gasteiger partial charge on any atom is 0.100 e. The predicted molar refractivity (Wildman–Crippen MR) is 80.6 cm³/mol. The first-order chi connectivity index (χ1) is 8.79. The minimum absolute atomic E-state index is 0.468. The Balaban J connectivity index is 3.08. The lowest BCUT2D eigenvalue weighted by molar-refractivity contribution is 0.228. The third-order valence-corrected chi connectivity index (χ3v) is 2.85. The van der Waals surface area contributed by atoms with Crippen molar-refractivity contribution in [2.24, 2.45) is 0 Å². The lowest BCUT2D eigenvalue weighted by Crippen LogP contribution is -2.24. The van der Waals surface area contributed by atoms with Crippen LogP contribution in [-0.4, -0.2) is 68.2 Å². The zero-order valence-electron chi connectivity index (χ0n) is 13.0. The van der Waals surface area contributed by atoms with Crippen molar-refractivity contribution in [3.05, 3.63) is 35.3 Å². The van der Waals surface area contributed by atoms with E-state index < -0.39 is 6.10 Å². The van der Waals surface area contributed by atoms with Crippen molar-refractivity contribution in [2.45, 2.75) is 18.9 Å². The van der Waals surface area contributed by atoms with Gasteiger partial charge in [0.25, 0.3) is 0 Å². The highest BCUT2D eigenvalue weighted by Crippen LogP contribution is 2.32. The predicted octanol–water partition coefficient (Wildman–Crippen LogP) is 1.48. The summed E-state index contributed by atoms with van der Waals surface area (Å²) in [7, 11) is 12.0. The Hall–Kier alpha value is -1.42. The van der Waals surface area contributed by atoms with Crippen molar-refractivity contribution < 1.29 is 5.11 Å². The van der Waals surface area contributed by atoms with Crippen molar-refractivity contribution in [1.82, 2.24) is 14.7 Å². The van der Waals surface area contributed by atoms with Gasteiger partial charge in [0.2, 0.25) is 0 Å². The summed E-state index contributed by atoms with van der Waals surface area (Å²) in [6.07, 6.45) is 7.40. The van der Waals surface area contributed by atoms with Crippen LogP contribution in [-0.2, 0) is 0 Å². The Labute approximate surface area is 117 Å². The number of nitrogens with zero attached hydrogens (tertiary/aromatic N) is 3. The number of aliphatic hydroxyl groups excluding tert-OH is 1. The molecule has 1 aliphatic rings. The van der Waals surface area contributed by atoms with Gasteiger partial charge >= 0.3 is 0 Å². The number of allylic oxidation sites excluding steroid dienone is 1. The van der Waals surface area contributed by atoms with E-state index in [-0.39, 0.29) is 0 Å². The Kier molecular flexibility index (Phi) is 5.48. The largest absolute Gasteiger partial charge is 0.384 e. The lowest BCUT2D eigenvalue weighted by atomic mass is 9.85. The molecule has 0 saturated heterocycles. The topological polar surface area (TPSA) is 30.0 Å². The third kappa shape index (κ3) is 4.99. The molecule has 0 bridgehead atoms. The molecule has 108 valence electrons. The molecular weight excluding hydrogens is 238 g/mol. The highest BCUT2D eigenvalue weighted by atomic mass is 16.3. The van der Waals surface area contributed by atoms with Crippen molar-refractivity contribution in [2.75, 3.05) is 42.3 Å². The highest BCUT2D eigenvalue weighted by Gasteiger charge is 2.25. The van der Waals surface area contributed by atoms with E-state index in [1.54, 1.807) is 0 Å². The second-order valence-corrected chi connectivity index (χ2v) is 5.84. The molecule has 0 heterocycles. The van der Waals surface area contributed by atoms with Crippen LogP contribution in [0.1, 0.15) is 12.8 Å². The van der Waals surface area contributed by atoms with Gasteiger partial charge in [-0.05, 0) is 35.8 Å². The summed E-state index contributed by atoms with van der Waals surface area (Å²) < 4.78 is 0. The van der Waals surface area contributed by atoms with Gasteiger partial charge in [-0.3, -0.25) is 0 Å². The van der Waals surface area contributed by atoms with Crippen molar-refractivity contribution in [3.8, 4) is 0 Å². The van der Waals surface area contributed by atoms with E-state index in [0.29, 0.717) is 0 Å². The minimum atomic E-state index is -0.468. The Morgan fingerprint density at radius 3 is 1.47 bits per heavy atom. The Morgan fingerprint density at radius 2 is 1.16 bits per heavy atom. The second kappa shape index (κ2) is 6.66. The molecule has 0 amide bonds. The summed E-state index contributed by atoms with van der Waals surface area (Å²) in [5.41, 5.74) is 3.44. The van der Waals surface area contributed by atoms with Gasteiger partial charge in [-0.15, -0.1) is 0 Å². The smallest absolute Gasteiger partial charge is 0.100 e. The van der Waals surface area contributed by atoms with Crippen LogP contribution in [0.5, 0.6) is 0 Å². The normalized spacial score (nSPS) is 26.1. The van der Waals surface area contributed by atoms with E-state index >= 15 is 0 Å². The minimum Gasteiger partial charge on any atom is -0.384 e. The van der Waals surface area contributed by atoms with Crippen LogP contribution < -0.4 is 0 Å². The van der Waals surface area contributed by atoms with E-state index in [0.717, 1.165) is 24.0 Å². The number of hydrogen-bond acceptors (Lipinski definition) is 4. The molecule has 0 spiro atoms. The molecule has 4 nitrogen and oxygen atoms in total. The fourth-order valence-corrected chi connectivity index (χ4v) is 2.37. The molecule has 0 aromatic rings. The summed E-state index contributed by atoms with van der Waals surface area (Å²) >= 11 is 0. The Morgan fingerprint density at radius 1 is 0.789 bits per heavy atom. The van der Waals surface area contributed by atoms with Crippen LogP contribution in [0.25, 0.3) is 0 Å². The van der Waals surface area contributed by atoms with Crippen LogP contribution >= 0.6 is 0 Å². The standard InChI is InChI=1S/C15H27N3O/c1-16(2)9-12-7-13(10-17(3)4)15(19)14(8-12)11-18(5)6/h9-11,15,19H,7-8H2,1-6H3/b12-9?,13-10-,14-11+. The van der Waals surface area contributed by atoms with Crippen LogP contribution in [0.4, 0.5) is 0 Å². The first kappa shape index (κ1) is 15.6. The SMILES string of the molecule is CN(C)C=C1C/C(=C/N(C)C)C(O)/C(=C/N(C)C)C1. The molecule has 1 atom stereocenters. The molecule has 1 saturated carbocycles. The van der Waals surface area contributed by atoms with Gasteiger partial charge in [0, 0.05) is 54.7 Å². The van der Waals surface area contributed by atoms with E-state index in [4.69, 9.17) is 0 Å². The third-order valence-electron chi connectivity index (χ3n) is 2.85. The molecule has 1 N–H and O–H groups in total.